The first-order chi connectivity index (χ1) is 15.0. The molecule has 2 aromatic rings. The van der Waals surface area contributed by atoms with Gasteiger partial charge in [-0.3, -0.25) is 14.4 Å². The van der Waals surface area contributed by atoms with Gasteiger partial charge >= 0.3 is 0 Å². The second-order valence-electron chi connectivity index (χ2n) is 8.09. The van der Waals surface area contributed by atoms with Crippen molar-refractivity contribution in [2.24, 2.45) is 5.92 Å². The molecule has 31 heavy (non-hydrogen) atoms. The van der Waals surface area contributed by atoms with Crippen molar-refractivity contribution in [3.05, 3.63) is 65.7 Å². The van der Waals surface area contributed by atoms with Gasteiger partial charge in [0.1, 0.15) is 0 Å². The smallest absolute Gasteiger partial charge is 0.243 e. The van der Waals surface area contributed by atoms with Crippen LogP contribution in [-0.4, -0.2) is 54.2 Å². The Bertz CT molecular complexity index is 913. The molecule has 3 rings (SSSR count). The number of amides is 3. The standard InChI is InChI=1S/C25H31N3O3/c1-3-20-12-7-8-14-22(20)26-23(29)18-27(2)25(31)21-13-9-15-28(17-21)24(30)16-19-10-5-4-6-11-19/h4-8,10-12,14,21H,3,9,13,15-18H2,1-2H3,(H,26,29)/t21-/m0/s1. The molecular formula is C25H31N3O3. The first kappa shape index (κ1) is 22.5. The second-order valence-corrected chi connectivity index (χ2v) is 8.09. The number of rotatable bonds is 7. The highest BCUT2D eigenvalue weighted by Crippen LogP contribution is 2.20. The van der Waals surface area contributed by atoms with Crippen LogP contribution in [0.1, 0.15) is 30.9 Å². The lowest BCUT2D eigenvalue weighted by Gasteiger charge is -2.34. The van der Waals surface area contributed by atoms with Crippen LogP contribution < -0.4 is 5.32 Å². The SMILES string of the molecule is CCc1ccccc1NC(=O)CN(C)C(=O)[C@H]1CCCN(C(=O)Cc2ccccc2)C1. The summed E-state index contributed by atoms with van der Waals surface area (Å²) in [5.74, 6) is -0.532. The average Bonchev–Trinajstić information content (AvgIpc) is 2.79. The molecule has 1 aliphatic rings. The predicted molar refractivity (Wildman–Crippen MR) is 122 cm³/mol. The highest BCUT2D eigenvalue weighted by Gasteiger charge is 2.30. The average molecular weight is 422 g/mol. The van der Waals surface area contributed by atoms with Gasteiger partial charge in [0.15, 0.2) is 0 Å². The number of aryl methyl sites for hydroxylation is 1. The largest absolute Gasteiger partial charge is 0.342 e. The van der Waals surface area contributed by atoms with Crippen molar-refractivity contribution in [3.63, 3.8) is 0 Å². The number of likely N-dealkylation sites (N-methyl/N-ethyl adjacent to an activating group) is 1. The monoisotopic (exact) mass is 421 g/mol. The fraction of sp³-hybridized carbons (Fsp3) is 0.400. The Morgan fingerprint density at radius 3 is 2.52 bits per heavy atom. The number of nitrogens with one attached hydrogen (secondary N) is 1. The summed E-state index contributed by atoms with van der Waals surface area (Å²) in [4.78, 5) is 41.4. The predicted octanol–water partition coefficient (Wildman–Crippen LogP) is 3.13. The van der Waals surface area contributed by atoms with Crippen LogP contribution >= 0.6 is 0 Å². The number of likely N-dealkylation sites (tertiary alicyclic amines) is 1. The fourth-order valence-electron chi connectivity index (χ4n) is 4.03. The molecule has 0 saturated carbocycles. The maximum Gasteiger partial charge on any atom is 0.243 e. The van der Waals surface area contributed by atoms with E-state index in [0.29, 0.717) is 19.5 Å². The molecule has 0 spiro atoms. The molecule has 0 unspecified atom stereocenters. The topological polar surface area (TPSA) is 69.7 Å². The van der Waals surface area contributed by atoms with Gasteiger partial charge in [-0.05, 0) is 36.5 Å². The van der Waals surface area contributed by atoms with Crippen molar-refractivity contribution in [3.8, 4) is 0 Å². The molecular weight excluding hydrogens is 390 g/mol. The lowest BCUT2D eigenvalue weighted by atomic mass is 9.96. The van der Waals surface area contributed by atoms with Crippen molar-refractivity contribution >= 4 is 23.4 Å². The van der Waals surface area contributed by atoms with Crippen LogP contribution in [0.2, 0.25) is 0 Å². The minimum absolute atomic E-state index is 0.00859. The number of hydrogen-bond donors (Lipinski definition) is 1. The summed E-state index contributed by atoms with van der Waals surface area (Å²) < 4.78 is 0. The quantitative estimate of drug-likeness (QED) is 0.747. The second kappa shape index (κ2) is 10.8. The van der Waals surface area contributed by atoms with Gasteiger partial charge in [-0.2, -0.15) is 0 Å². The lowest BCUT2D eigenvalue weighted by molar-refractivity contribution is -0.141. The van der Waals surface area contributed by atoms with E-state index in [1.54, 1.807) is 11.9 Å². The molecule has 0 aromatic heterocycles. The first-order valence-electron chi connectivity index (χ1n) is 10.9. The minimum atomic E-state index is -0.269. The molecule has 1 saturated heterocycles. The van der Waals surface area contributed by atoms with Crippen molar-refractivity contribution < 1.29 is 14.4 Å². The maximum atomic E-state index is 12.9. The van der Waals surface area contributed by atoms with E-state index in [-0.39, 0.29) is 30.2 Å². The van der Waals surface area contributed by atoms with Gasteiger partial charge in [0, 0.05) is 25.8 Å². The number of anilines is 1. The van der Waals surface area contributed by atoms with E-state index in [0.717, 1.165) is 36.1 Å². The number of carbonyl (C=O) groups is 3. The van der Waals surface area contributed by atoms with Crippen LogP contribution in [0, 0.1) is 5.92 Å². The van der Waals surface area contributed by atoms with Gasteiger partial charge in [-0.15, -0.1) is 0 Å². The molecule has 1 fully saturated rings. The summed E-state index contributed by atoms with van der Waals surface area (Å²) in [6.07, 6.45) is 2.69. The maximum absolute atomic E-state index is 12.9. The summed E-state index contributed by atoms with van der Waals surface area (Å²) in [7, 11) is 1.65. The normalized spacial score (nSPS) is 15.9. The van der Waals surface area contributed by atoms with E-state index >= 15 is 0 Å². The van der Waals surface area contributed by atoms with Crippen molar-refractivity contribution in [2.75, 3.05) is 32.0 Å². The third kappa shape index (κ3) is 6.17. The van der Waals surface area contributed by atoms with E-state index < -0.39 is 0 Å². The van der Waals surface area contributed by atoms with Gasteiger partial charge in [0.05, 0.1) is 18.9 Å². The molecule has 1 aliphatic heterocycles. The summed E-state index contributed by atoms with van der Waals surface area (Å²) in [6, 6.07) is 17.3. The van der Waals surface area contributed by atoms with Crippen LogP contribution in [0.5, 0.6) is 0 Å². The molecule has 3 amide bonds. The molecule has 6 heteroatoms. The highest BCUT2D eigenvalue weighted by atomic mass is 16.2. The molecule has 0 aliphatic carbocycles. The number of nitrogens with zero attached hydrogens (tertiary/aromatic N) is 2. The zero-order valence-electron chi connectivity index (χ0n) is 18.3. The Labute approximate surface area is 184 Å². The fourth-order valence-corrected chi connectivity index (χ4v) is 4.03. The van der Waals surface area contributed by atoms with E-state index in [1.807, 2.05) is 61.5 Å². The van der Waals surface area contributed by atoms with Crippen LogP contribution in [-0.2, 0) is 27.2 Å². The minimum Gasteiger partial charge on any atom is -0.342 e. The Morgan fingerprint density at radius 1 is 1.06 bits per heavy atom. The molecule has 1 N–H and O–H groups in total. The lowest BCUT2D eigenvalue weighted by Crippen LogP contribution is -2.47. The van der Waals surface area contributed by atoms with E-state index in [1.165, 1.54) is 4.90 Å². The Balaban J connectivity index is 1.53. The number of carbonyl (C=O) groups excluding carboxylic acids is 3. The van der Waals surface area contributed by atoms with E-state index in [2.05, 4.69) is 5.32 Å². The molecule has 164 valence electrons. The number of benzene rings is 2. The molecule has 2 aromatic carbocycles. The van der Waals surface area contributed by atoms with Gasteiger partial charge in [0.25, 0.3) is 0 Å². The van der Waals surface area contributed by atoms with Gasteiger partial charge in [-0.1, -0.05) is 55.5 Å². The number of hydrogen-bond acceptors (Lipinski definition) is 3. The molecule has 0 radical (unpaired) electrons. The zero-order chi connectivity index (χ0) is 22.2. The van der Waals surface area contributed by atoms with Gasteiger partial charge in [-0.25, -0.2) is 0 Å². The van der Waals surface area contributed by atoms with Crippen LogP contribution in [0.25, 0.3) is 0 Å². The number of piperidine rings is 1. The third-order valence-corrected chi connectivity index (χ3v) is 5.75. The molecule has 0 bridgehead atoms. The van der Waals surface area contributed by atoms with Crippen LogP contribution in [0.4, 0.5) is 5.69 Å². The summed E-state index contributed by atoms with van der Waals surface area (Å²) in [6.45, 7) is 3.11. The van der Waals surface area contributed by atoms with Crippen molar-refractivity contribution in [2.45, 2.75) is 32.6 Å². The molecule has 1 atom stereocenters. The number of para-hydroxylation sites is 1. The third-order valence-electron chi connectivity index (χ3n) is 5.75. The summed E-state index contributed by atoms with van der Waals surface area (Å²) >= 11 is 0. The molecule has 1 heterocycles. The van der Waals surface area contributed by atoms with Crippen LogP contribution in [0.3, 0.4) is 0 Å². The first-order valence-corrected chi connectivity index (χ1v) is 10.9. The zero-order valence-corrected chi connectivity index (χ0v) is 18.3. The van der Waals surface area contributed by atoms with Crippen LogP contribution in [0.15, 0.2) is 54.6 Å². The Morgan fingerprint density at radius 2 is 1.77 bits per heavy atom. The van der Waals surface area contributed by atoms with Crippen molar-refractivity contribution in [1.82, 2.24) is 9.80 Å². The summed E-state index contributed by atoms with van der Waals surface area (Å²) in [5, 5.41) is 2.91. The van der Waals surface area contributed by atoms with E-state index in [4.69, 9.17) is 0 Å². The van der Waals surface area contributed by atoms with Crippen molar-refractivity contribution in [1.29, 1.82) is 0 Å². The molecule has 6 nitrogen and oxygen atoms in total. The van der Waals surface area contributed by atoms with Gasteiger partial charge < -0.3 is 15.1 Å². The van der Waals surface area contributed by atoms with E-state index in [9.17, 15) is 14.4 Å². The van der Waals surface area contributed by atoms with Gasteiger partial charge in [0.2, 0.25) is 17.7 Å². The Kier molecular flexibility index (Phi) is 7.82. The Hall–Kier alpha value is -3.15. The highest BCUT2D eigenvalue weighted by molar-refractivity contribution is 5.95. The summed E-state index contributed by atoms with van der Waals surface area (Å²) in [5.41, 5.74) is 2.82.